The number of carbonyl (C=O) groups is 2. The smallest absolute Gasteiger partial charge is 0.344 e. The highest BCUT2D eigenvalue weighted by Gasteiger charge is 2.28. The molecule has 2 rings (SSSR count). The molecule has 1 aromatic rings. The quantitative estimate of drug-likeness (QED) is 0.906. The summed E-state index contributed by atoms with van der Waals surface area (Å²) in [6.07, 6.45) is 0.660. The molecule has 1 unspecified atom stereocenters. The zero-order valence-corrected chi connectivity index (χ0v) is 11.4. The van der Waals surface area contributed by atoms with E-state index in [1.54, 1.807) is 6.92 Å². The van der Waals surface area contributed by atoms with Crippen LogP contribution in [0.5, 0.6) is 5.75 Å². The first-order valence-corrected chi connectivity index (χ1v) is 6.51. The van der Waals surface area contributed by atoms with Crippen molar-refractivity contribution in [3.05, 3.63) is 28.3 Å². The number of benzene rings is 1. The number of carboxylic acids is 1. The Morgan fingerprint density at radius 3 is 2.68 bits per heavy atom. The van der Waals surface area contributed by atoms with Crippen molar-refractivity contribution >= 4 is 11.8 Å². The second-order valence-electron chi connectivity index (χ2n) is 4.95. The van der Waals surface area contributed by atoms with Crippen LogP contribution in [0.2, 0.25) is 0 Å². The summed E-state index contributed by atoms with van der Waals surface area (Å²) >= 11 is 0. The number of rotatable bonds is 4. The monoisotopic (exact) mass is 262 g/mol. The Morgan fingerprint density at radius 1 is 1.42 bits per heavy atom. The molecule has 102 valence electrons. The van der Waals surface area contributed by atoms with Gasteiger partial charge in [-0.3, -0.25) is 4.79 Å². The van der Waals surface area contributed by atoms with Gasteiger partial charge in [0.05, 0.1) is 0 Å². The average Bonchev–Trinajstić information content (AvgIpc) is 2.74. The Labute approximate surface area is 112 Å². The van der Waals surface area contributed by atoms with Crippen molar-refractivity contribution in [1.29, 1.82) is 0 Å². The fourth-order valence-corrected chi connectivity index (χ4v) is 2.49. The van der Waals surface area contributed by atoms with Crippen LogP contribution in [0, 0.1) is 13.8 Å². The molecule has 1 aliphatic carbocycles. The summed E-state index contributed by atoms with van der Waals surface area (Å²) in [4.78, 5) is 23.0. The number of aryl methyl sites for hydroxylation is 1. The van der Waals surface area contributed by atoms with Crippen molar-refractivity contribution in [2.75, 3.05) is 0 Å². The highest BCUT2D eigenvalue weighted by atomic mass is 16.5. The Bertz CT molecular complexity index is 546. The second kappa shape index (κ2) is 5.03. The molecule has 1 N–H and O–H groups in total. The summed E-state index contributed by atoms with van der Waals surface area (Å²) in [7, 11) is 0. The number of hydrogen-bond donors (Lipinski definition) is 1. The lowest BCUT2D eigenvalue weighted by Gasteiger charge is -2.18. The lowest BCUT2D eigenvalue weighted by molar-refractivity contribution is -0.145. The molecule has 4 nitrogen and oxygen atoms in total. The van der Waals surface area contributed by atoms with Gasteiger partial charge in [-0.05, 0) is 43.9 Å². The first-order chi connectivity index (χ1) is 8.95. The Morgan fingerprint density at radius 2 is 2.11 bits per heavy atom. The minimum absolute atomic E-state index is 0.129. The van der Waals surface area contributed by atoms with Crippen molar-refractivity contribution < 1.29 is 19.4 Å². The molecule has 0 aliphatic heterocycles. The molecule has 19 heavy (non-hydrogen) atoms. The predicted octanol–water partition coefficient (Wildman–Crippen LogP) is 2.67. The number of hydrogen-bond acceptors (Lipinski definition) is 3. The highest BCUT2D eigenvalue weighted by molar-refractivity contribution is 6.02. The van der Waals surface area contributed by atoms with Gasteiger partial charge in [0.2, 0.25) is 0 Å². The van der Waals surface area contributed by atoms with Crippen molar-refractivity contribution in [2.45, 2.75) is 46.1 Å². The molecule has 0 saturated heterocycles. The Kier molecular flexibility index (Phi) is 3.60. The fraction of sp³-hybridized carbons (Fsp3) is 0.467. The van der Waals surface area contributed by atoms with Crippen molar-refractivity contribution in [3.63, 3.8) is 0 Å². The summed E-state index contributed by atoms with van der Waals surface area (Å²) in [5.41, 5.74) is 3.54. The summed E-state index contributed by atoms with van der Waals surface area (Å²) in [6.45, 7) is 5.61. The van der Waals surface area contributed by atoms with E-state index in [2.05, 4.69) is 0 Å². The van der Waals surface area contributed by atoms with Crippen LogP contribution >= 0.6 is 0 Å². The van der Waals surface area contributed by atoms with Crippen LogP contribution in [0.25, 0.3) is 0 Å². The summed E-state index contributed by atoms with van der Waals surface area (Å²) < 4.78 is 5.60. The molecule has 0 saturated carbocycles. The van der Waals surface area contributed by atoms with E-state index in [-0.39, 0.29) is 5.78 Å². The number of aliphatic carboxylic acids is 1. The van der Waals surface area contributed by atoms with Gasteiger partial charge in [0.1, 0.15) is 5.75 Å². The molecular formula is C15H18O4. The van der Waals surface area contributed by atoms with Gasteiger partial charge < -0.3 is 9.84 Å². The van der Waals surface area contributed by atoms with Gasteiger partial charge in [0.15, 0.2) is 11.9 Å². The van der Waals surface area contributed by atoms with E-state index in [9.17, 15) is 9.59 Å². The van der Waals surface area contributed by atoms with E-state index in [0.29, 0.717) is 25.0 Å². The lowest BCUT2D eigenvalue weighted by Crippen LogP contribution is -2.26. The molecule has 1 aliphatic rings. The number of carboxylic acid groups (broad SMARTS) is 1. The maximum Gasteiger partial charge on any atom is 0.344 e. The maximum absolute atomic E-state index is 11.9. The first-order valence-electron chi connectivity index (χ1n) is 6.51. The minimum atomic E-state index is -0.973. The first kappa shape index (κ1) is 13.6. The summed E-state index contributed by atoms with van der Waals surface area (Å²) in [5, 5.41) is 9.07. The van der Waals surface area contributed by atoms with E-state index in [4.69, 9.17) is 9.84 Å². The Hall–Kier alpha value is -1.84. The SMILES string of the molecule is CCC(Oc1cc(C)c(C)c2c1CCC2=O)C(=O)O. The Balaban J connectivity index is 2.45. The topological polar surface area (TPSA) is 63.6 Å². The molecule has 0 aromatic heterocycles. The number of fused-ring (bicyclic) bond motifs is 1. The third-order valence-electron chi connectivity index (χ3n) is 3.71. The standard InChI is InChI=1S/C15H18O4/c1-4-12(15(17)18)19-13-7-8(2)9(3)14-10(13)5-6-11(14)16/h7,12H,4-6H2,1-3H3,(H,17,18). The van der Waals surface area contributed by atoms with E-state index in [1.165, 1.54) is 0 Å². The van der Waals surface area contributed by atoms with Gasteiger partial charge in [-0.15, -0.1) is 0 Å². The van der Waals surface area contributed by atoms with Crippen LogP contribution in [0.4, 0.5) is 0 Å². The molecule has 0 radical (unpaired) electrons. The third-order valence-corrected chi connectivity index (χ3v) is 3.71. The van der Waals surface area contributed by atoms with Gasteiger partial charge in [-0.25, -0.2) is 4.79 Å². The van der Waals surface area contributed by atoms with Gasteiger partial charge in [-0.1, -0.05) is 6.92 Å². The maximum atomic E-state index is 11.9. The average molecular weight is 262 g/mol. The van der Waals surface area contributed by atoms with E-state index >= 15 is 0 Å². The number of ketones is 1. The second-order valence-corrected chi connectivity index (χ2v) is 4.95. The third kappa shape index (κ3) is 2.35. The van der Waals surface area contributed by atoms with Gasteiger partial charge >= 0.3 is 5.97 Å². The molecule has 0 amide bonds. The highest BCUT2D eigenvalue weighted by Crippen LogP contribution is 2.35. The number of Topliss-reactive ketones (excluding diaryl/α,β-unsaturated/α-hetero) is 1. The largest absolute Gasteiger partial charge is 0.479 e. The lowest BCUT2D eigenvalue weighted by atomic mass is 9.98. The molecule has 4 heteroatoms. The molecule has 1 atom stereocenters. The zero-order chi connectivity index (χ0) is 14.2. The van der Waals surface area contributed by atoms with Crippen molar-refractivity contribution in [2.24, 2.45) is 0 Å². The fourth-order valence-electron chi connectivity index (χ4n) is 2.49. The van der Waals surface area contributed by atoms with E-state index < -0.39 is 12.1 Å². The molecule has 0 spiro atoms. The van der Waals surface area contributed by atoms with Crippen LogP contribution in [-0.2, 0) is 11.2 Å². The minimum Gasteiger partial charge on any atom is -0.479 e. The molecule has 0 bridgehead atoms. The van der Waals surface area contributed by atoms with Gasteiger partial charge in [0, 0.05) is 17.5 Å². The predicted molar refractivity (Wildman–Crippen MR) is 70.9 cm³/mol. The normalized spacial score (nSPS) is 15.2. The van der Waals surface area contributed by atoms with E-state index in [1.807, 2.05) is 19.9 Å². The number of ether oxygens (including phenoxy) is 1. The van der Waals surface area contributed by atoms with Crippen molar-refractivity contribution in [1.82, 2.24) is 0 Å². The zero-order valence-electron chi connectivity index (χ0n) is 11.4. The van der Waals surface area contributed by atoms with Crippen LogP contribution in [0.3, 0.4) is 0 Å². The summed E-state index contributed by atoms with van der Waals surface area (Å²) in [5.74, 6) is -0.290. The van der Waals surface area contributed by atoms with Gasteiger partial charge in [0.25, 0.3) is 0 Å². The van der Waals surface area contributed by atoms with Crippen LogP contribution in [0.15, 0.2) is 6.07 Å². The van der Waals surface area contributed by atoms with Crippen LogP contribution < -0.4 is 4.74 Å². The van der Waals surface area contributed by atoms with Crippen molar-refractivity contribution in [3.8, 4) is 5.75 Å². The van der Waals surface area contributed by atoms with Crippen LogP contribution in [0.1, 0.15) is 46.8 Å². The van der Waals surface area contributed by atoms with Gasteiger partial charge in [-0.2, -0.15) is 0 Å². The van der Waals surface area contributed by atoms with Crippen LogP contribution in [-0.4, -0.2) is 23.0 Å². The molecule has 0 fully saturated rings. The number of carbonyl (C=O) groups excluding carboxylic acids is 1. The summed E-state index contributed by atoms with van der Waals surface area (Å²) in [6, 6.07) is 1.85. The molecule has 0 heterocycles. The van der Waals surface area contributed by atoms with E-state index in [0.717, 1.165) is 22.3 Å². The molecule has 1 aromatic carbocycles. The molecular weight excluding hydrogens is 244 g/mol.